The van der Waals surface area contributed by atoms with Crippen LogP contribution in [0.4, 0.5) is 0 Å². The summed E-state index contributed by atoms with van der Waals surface area (Å²) in [6.07, 6.45) is 1.33. The van der Waals surface area contributed by atoms with E-state index < -0.39 is 23.0 Å². The smallest absolute Gasteiger partial charge is 0.351 e. The zero-order valence-electron chi connectivity index (χ0n) is 9.20. The Morgan fingerprint density at radius 2 is 2.35 bits per heavy atom. The molecule has 1 heterocycles. The molecule has 0 aliphatic carbocycles. The molecule has 0 amide bonds. The van der Waals surface area contributed by atoms with Crippen molar-refractivity contribution in [1.82, 2.24) is 4.98 Å². The third-order valence-corrected chi connectivity index (χ3v) is 2.06. The van der Waals surface area contributed by atoms with Gasteiger partial charge in [0.1, 0.15) is 0 Å². The number of esters is 1. The monoisotopic (exact) mass is 240 g/mol. The number of nitro groups is 1. The molecule has 7 heteroatoms. The number of pyridine rings is 1. The van der Waals surface area contributed by atoms with E-state index in [1.807, 2.05) is 0 Å². The van der Waals surface area contributed by atoms with E-state index in [1.54, 1.807) is 13.0 Å². The van der Waals surface area contributed by atoms with Crippen LogP contribution in [0.1, 0.15) is 12.6 Å². The number of rotatable bonds is 5. The van der Waals surface area contributed by atoms with Crippen LogP contribution in [-0.4, -0.2) is 34.1 Å². The fraction of sp³-hybridized carbons (Fsp3) is 0.400. The Morgan fingerprint density at radius 3 is 2.82 bits per heavy atom. The van der Waals surface area contributed by atoms with Gasteiger partial charge in [-0.3, -0.25) is 15.1 Å². The highest BCUT2D eigenvalue weighted by molar-refractivity contribution is 5.80. The molecule has 0 radical (unpaired) electrons. The van der Waals surface area contributed by atoms with Crippen LogP contribution in [-0.2, 0) is 15.1 Å². The number of hydrogen-bond donors (Lipinski definition) is 1. The number of carbonyl (C=O) groups is 1. The molecule has 1 unspecified atom stereocenters. The van der Waals surface area contributed by atoms with E-state index in [0.717, 1.165) is 0 Å². The van der Waals surface area contributed by atoms with Crippen LogP contribution in [0.25, 0.3) is 0 Å². The molecule has 7 nitrogen and oxygen atoms in total. The minimum absolute atomic E-state index is 0.0195. The maximum Gasteiger partial charge on any atom is 0.351 e. The summed E-state index contributed by atoms with van der Waals surface area (Å²) >= 11 is 0. The predicted molar refractivity (Wildman–Crippen MR) is 56.6 cm³/mol. The minimum atomic E-state index is -2.35. The average Bonchev–Trinajstić information content (AvgIpc) is 2.29. The van der Waals surface area contributed by atoms with E-state index >= 15 is 0 Å². The summed E-state index contributed by atoms with van der Waals surface area (Å²) in [5.41, 5.74) is -2.45. The maximum atomic E-state index is 11.6. The quantitative estimate of drug-likeness (QED) is 0.445. The van der Waals surface area contributed by atoms with Crippen molar-refractivity contribution in [3.05, 3.63) is 40.2 Å². The minimum Gasteiger partial charge on any atom is -0.463 e. The highest BCUT2D eigenvalue weighted by atomic mass is 16.6. The lowest BCUT2D eigenvalue weighted by atomic mass is 9.99. The SMILES string of the molecule is CCOC(=O)C(O)(C[N+](=O)[O-])c1ccccn1. The number of hydrogen-bond acceptors (Lipinski definition) is 6. The second-order valence-electron chi connectivity index (χ2n) is 3.29. The number of aliphatic hydroxyl groups is 1. The zero-order chi connectivity index (χ0) is 12.9. The summed E-state index contributed by atoms with van der Waals surface area (Å²) in [6.45, 7) is 0.581. The molecule has 0 aliphatic heterocycles. The highest BCUT2D eigenvalue weighted by Crippen LogP contribution is 2.21. The first-order chi connectivity index (χ1) is 8.00. The molecule has 1 N–H and O–H groups in total. The highest BCUT2D eigenvalue weighted by Gasteiger charge is 2.46. The number of aromatic nitrogens is 1. The van der Waals surface area contributed by atoms with Crippen molar-refractivity contribution in [1.29, 1.82) is 0 Å². The normalized spacial score (nSPS) is 13.8. The third-order valence-electron chi connectivity index (χ3n) is 2.06. The van der Waals surface area contributed by atoms with Crippen molar-refractivity contribution in [3.63, 3.8) is 0 Å². The van der Waals surface area contributed by atoms with E-state index in [2.05, 4.69) is 9.72 Å². The standard InChI is InChI=1S/C10H12N2O5/c1-2-17-9(13)10(14,7-12(15)16)8-5-3-4-6-11-8/h3-6,14H,2,7H2,1H3. The molecule has 1 atom stereocenters. The van der Waals surface area contributed by atoms with E-state index in [1.165, 1.54) is 18.3 Å². The second kappa shape index (κ2) is 5.35. The molecule has 0 bridgehead atoms. The fourth-order valence-electron chi connectivity index (χ4n) is 1.29. The fourth-order valence-corrected chi connectivity index (χ4v) is 1.29. The number of carbonyl (C=O) groups excluding carboxylic acids is 1. The molecule has 0 saturated heterocycles. The van der Waals surface area contributed by atoms with Crippen LogP contribution in [0.2, 0.25) is 0 Å². The average molecular weight is 240 g/mol. The Morgan fingerprint density at radius 1 is 1.65 bits per heavy atom. The van der Waals surface area contributed by atoms with Crippen molar-refractivity contribution in [3.8, 4) is 0 Å². The van der Waals surface area contributed by atoms with E-state index in [9.17, 15) is 20.0 Å². The van der Waals surface area contributed by atoms with Crippen molar-refractivity contribution in [2.45, 2.75) is 12.5 Å². The van der Waals surface area contributed by atoms with Gasteiger partial charge in [0.25, 0.3) is 5.60 Å². The second-order valence-corrected chi connectivity index (χ2v) is 3.29. The third kappa shape index (κ3) is 2.97. The van der Waals surface area contributed by atoms with Crippen molar-refractivity contribution < 1.29 is 19.6 Å². The first-order valence-corrected chi connectivity index (χ1v) is 4.93. The molecular formula is C10H12N2O5. The Bertz CT molecular complexity index is 408. The lowest BCUT2D eigenvalue weighted by Gasteiger charge is -2.20. The summed E-state index contributed by atoms with van der Waals surface area (Å²) in [6, 6.07) is 4.42. The van der Waals surface area contributed by atoms with E-state index in [0.29, 0.717) is 0 Å². The molecule has 1 aromatic heterocycles. The van der Waals surface area contributed by atoms with Gasteiger partial charge in [-0.15, -0.1) is 0 Å². The van der Waals surface area contributed by atoms with Crippen LogP contribution >= 0.6 is 0 Å². The van der Waals surface area contributed by atoms with Gasteiger partial charge in [-0.25, -0.2) is 4.79 Å². The van der Waals surface area contributed by atoms with E-state index in [4.69, 9.17) is 0 Å². The van der Waals surface area contributed by atoms with E-state index in [-0.39, 0.29) is 12.3 Å². The Labute approximate surface area is 97.2 Å². The Balaban J connectivity index is 3.10. The summed E-state index contributed by atoms with van der Waals surface area (Å²) in [5.74, 6) is -1.07. The first kappa shape index (κ1) is 13.0. The lowest BCUT2D eigenvalue weighted by Crippen LogP contribution is -2.44. The zero-order valence-corrected chi connectivity index (χ0v) is 9.20. The van der Waals surface area contributed by atoms with Crippen molar-refractivity contribution in [2.24, 2.45) is 0 Å². The number of nitrogens with zero attached hydrogens (tertiary/aromatic N) is 2. The van der Waals surface area contributed by atoms with Gasteiger partial charge in [0.05, 0.1) is 12.3 Å². The summed E-state index contributed by atoms with van der Waals surface area (Å²) < 4.78 is 4.63. The van der Waals surface area contributed by atoms with Crippen LogP contribution in [0.3, 0.4) is 0 Å². The van der Waals surface area contributed by atoms with Crippen LogP contribution < -0.4 is 0 Å². The van der Waals surface area contributed by atoms with Gasteiger partial charge < -0.3 is 9.84 Å². The van der Waals surface area contributed by atoms with Crippen molar-refractivity contribution >= 4 is 5.97 Å². The summed E-state index contributed by atoms with van der Waals surface area (Å²) in [4.78, 5) is 25.1. The Kier molecular flexibility index (Phi) is 4.11. The molecular weight excluding hydrogens is 228 g/mol. The first-order valence-electron chi connectivity index (χ1n) is 4.93. The number of ether oxygens (including phenoxy) is 1. The lowest BCUT2D eigenvalue weighted by molar-refractivity contribution is -0.499. The summed E-state index contributed by atoms with van der Waals surface area (Å²) in [7, 11) is 0. The van der Waals surface area contributed by atoms with Gasteiger partial charge in [-0.1, -0.05) is 6.07 Å². The molecule has 1 aromatic rings. The maximum absolute atomic E-state index is 11.6. The molecule has 17 heavy (non-hydrogen) atoms. The molecule has 1 rings (SSSR count). The van der Waals surface area contributed by atoms with Gasteiger partial charge in [0.15, 0.2) is 0 Å². The van der Waals surface area contributed by atoms with Crippen LogP contribution in [0.15, 0.2) is 24.4 Å². The van der Waals surface area contributed by atoms with Crippen molar-refractivity contribution in [2.75, 3.05) is 13.2 Å². The topological polar surface area (TPSA) is 103 Å². The van der Waals surface area contributed by atoms with Crippen LogP contribution in [0.5, 0.6) is 0 Å². The molecule has 0 saturated carbocycles. The molecule has 92 valence electrons. The van der Waals surface area contributed by atoms with Gasteiger partial charge >= 0.3 is 5.97 Å². The molecule has 0 fully saturated rings. The largest absolute Gasteiger partial charge is 0.463 e. The predicted octanol–water partition coefficient (Wildman–Crippen LogP) is 0.109. The molecule has 0 spiro atoms. The van der Waals surface area contributed by atoms with Gasteiger partial charge in [-0.2, -0.15) is 0 Å². The summed E-state index contributed by atoms with van der Waals surface area (Å²) in [5, 5.41) is 20.6. The molecule has 0 aliphatic rings. The Hall–Kier alpha value is -2.02. The van der Waals surface area contributed by atoms with Crippen LogP contribution in [0, 0.1) is 10.1 Å². The van der Waals surface area contributed by atoms with Gasteiger partial charge in [0, 0.05) is 11.1 Å². The van der Waals surface area contributed by atoms with Gasteiger partial charge in [0.2, 0.25) is 6.54 Å². The molecule has 0 aromatic carbocycles. The van der Waals surface area contributed by atoms with Gasteiger partial charge in [-0.05, 0) is 19.1 Å².